The van der Waals surface area contributed by atoms with Gasteiger partial charge in [0.05, 0.1) is 5.75 Å². The highest BCUT2D eigenvalue weighted by molar-refractivity contribution is 8.01. The van der Waals surface area contributed by atoms with E-state index >= 15 is 0 Å². The molecule has 3 aromatic rings. The number of hydrogen-bond acceptors (Lipinski definition) is 6. The lowest BCUT2D eigenvalue weighted by Gasteiger charge is -2.05. The predicted molar refractivity (Wildman–Crippen MR) is 113 cm³/mol. The smallest absolute Gasteiger partial charge is 0.230 e. The van der Waals surface area contributed by atoms with Crippen LogP contribution in [0.5, 0.6) is 0 Å². The highest BCUT2D eigenvalue weighted by Crippen LogP contribution is 2.28. The molecule has 3 rings (SSSR count). The van der Waals surface area contributed by atoms with Gasteiger partial charge in [-0.05, 0) is 54.8 Å². The van der Waals surface area contributed by atoms with Crippen molar-refractivity contribution in [2.24, 2.45) is 0 Å². The molecule has 0 unspecified atom stereocenters. The third-order valence-electron chi connectivity index (χ3n) is 3.87. The van der Waals surface area contributed by atoms with E-state index in [1.165, 1.54) is 34.2 Å². The van der Waals surface area contributed by atoms with Crippen molar-refractivity contribution in [2.45, 2.75) is 24.7 Å². The van der Waals surface area contributed by atoms with Crippen LogP contribution in [-0.2, 0) is 11.3 Å². The van der Waals surface area contributed by atoms with Gasteiger partial charge < -0.3 is 10.6 Å². The maximum atomic E-state index is 12.0. The van der Waals surface area contributed by atoms with Gasteiger partial charge in [-0.3, -0.25) is 4.79 Å². The molecule has 0 aliphatic rings. The van der Waals surface area contributed by atoms with Crippen molar-refractivity contribution in [3.05, 3.63) is 64.2 Å². The fourth-order valence-corrected chi connectivity index (χ4v) is 4.10. The fraction of sp³-hybridized carbons (Fsp3) is 0.211. The second-order valence-electron chi connectivity index (χ2n) is 5.99. The molecule has 0 saturated heterocycles. The molecule has 1 heterocycles. The van der Waals surface area contributed by atoms with Crippen LogP contribution in [-0.4, -0.2) is 21.9 Å². The molecule has 2 aromatic carbocycles. The topological polar surface area (TPSA) is 66.9 Å². The number of carbonyl (C=O) groups is 1. The van der Waals surface area contributed by atoms with Gasteiger partial charge in [0.15, 0.2) is 4.34 Å². The molecule has 0 radical (unpaired) electrons. The van der Waals surface area contributed by atoms with Crippen LogP contribution in [0.25, 0.3) is 0 Å². The lowest BCUT2D eigenvalue weighted by atomic mass is 10.1. The Labute approximate surface area is 171 Å². The van der Waals surface area contributed by atoms with Gasteiger partial charge in [-0.15, -0.1) is 10.2 Å². The van der Waals surface area contributed by atoms with Crippen LogP contribution in [0.4, 0.5) is 10.8 Å². The van der Waals surface area contributed by atoms with E-state index < -0.39 is 0 Å². The first-order valence-electron chi connectivity index (χ1n) is 8.31. The first-order valence-corrected chi connectivity index (χ1v) is 10.5. The Kier molecular flexibility index (Phi) is 6.71. The molecule has 5 nitrogen and oxygen atoms in total. The molecule has 1 aromatic heterocycles. The SMILES string of the molecule is Cc1ccc(Nc2nnc(SCC(=O)NCc3cccc(Cl)c3)s2)cc1C. The van der Waals surface area contributed by atoms with Crippen LogP contribution in [0.2, 0.25) is 5.02 Å². The first kappa shape index (κ1) is 19.7. The lowest BCUT2D eigenvalue weighted by Crippen LogP contribution is -2.24. The zero-order valence-corrected chi connectivity index (χ0v) is 17.3. The molecule has 2 N–H and O–H groups in total. The molecule has 140 valence electrons. The summed E-state index contributed by atoms with van der Waals surface area (Å²) in [7, 11) is 0. The van der Waals surface area contributed by atoms with E-state index in [9.17, 15) is 4.79 Å². The summed E-state index contributed by atoms with van der Waals surface area (Å²) in [4.78, 5) is 12.0. The molecule has 0 aliphatic heterocycles. The monoisotopic (exact) mass is 418 g/mol. The number of benzene rings is 2. The number of anilines is 2. The van der Waals surface area contributed by atoms with E-state index in [0.29, 0.717) is 22.5 Å². The van der Waals surface area contributed by atoms with E-state index in [2.05, 4.69) is 46.8 Å². The molecule has 8 heteroatoms. The maximum absolute atomic E-state index is 12.0. The van der Waals surface area contributed by atoms with Crippen molar-refractivity contribution in [1.29, 1.82) is 0 Å². The Morgan fingerprint density at radius 3 is 2.78 bits per heavy atom. The molecule has 0 spiro atoms. The number of halogens is 1. The van der Waals surface area contributed by atoms with Crippen LogP contribution in [0, 0.1) is 13.8 Å². The molecule has 0 atom stereocenters. The minimum atomic E-state index is -0.0566. The molecule has 0 aliphatic carbocycles. The Hall–Kier alpha value is -2.09. The van der Waals surface area contributed by atoms with Gasteiger partial charge in [0, 0.05) is 17.3 Å². The quantitative estimate of drug-likeness (QED) is 0.531. The zero-order valence-electron chi connectivity index (χ0n) is 15.0. The summed E-state index contributed by atoms with van der Waals surface area (Å²) in [5.74, 6) is 0.234. The summed E-state index contributed by atoms with van der Waals surface area (Å²) in [6, 6.07) is 13.6. The summed E-state index contributed by atoms with van der Waals surface area (Å²) in [6.45, 7) is 4.61. The third kappa shape index (κ3) is 5.95. The number of nitrogens with zero attached hydrogens (tertiary/aromatic N) is 2. The van der Waals surface area contributed by atoms with E-state index in [1.807, 2.05) is 30.3 Å². The highest BCUT2D eigenvalue weighted by atomic mass is 35.5. The van der Waals surface area contributed by atoms with Gasteiger partial charge in [0.25, 0.3) is 0 Å². The summed E-state index contributed by atoms with van der Waals surface area (Å²) in [5.41, 5.74) is 4.41. The number of nitrogens with one attached hydrogen (secondary N) is 2. The van der Waals surface area contributed by atoms with Crippen molar-refractivity contribution >= 4 is 51.4 Å². The maximum Gasteiger partial charge on any atom is 0.230 e. The van der Waals surface area contributed by atoms with Crippen molar-refractivity contribution < 1.29 is 4.79 Å². The number of thioether (sulfide) groups is 1. The van der Waals surface area contributed by atoms with E-state index in [-0.39, 0.29) is 5.91 Å². The van der Waals surface area contributed by atoms with E-state index in [1.54, 1.807) is 0 Å². The fourth-order valence-electron chi connectivity index (χ4n) is 2.29. The van der Waals surface area contributed by atoms with Gasteiger partial charge >= 0.3 is 0 Å². The van der Waals surface area contributed by atoms with Crippen LogP contribution in [0.3, 0.4) is 0 Å². The molecule has 0 fully saturated rings. The summed E-state index contributed by atoms with van der Waals surface area (Å²) in [5, 5.41) is 15.8. The van der Waals surface area contributed by atoms with Gasteiger partial charge in [-0.2, -0.15) is 0 Å². The molecule has 0 bridgehead atoms. The average molecular weight is 419 g/mol. The standard InChI is InChI=1S/C19H19ClN4OS2/c1-12-6-7-16(8-13(12)2)22-18-23-24-19(27-18)26-11-17(25)21-10-14-4-3-5-15(20)9-14/h3-9H,10-11H2,1-2H3,(H,21,25)(H,22,23). The second kappa shape index (κ2) is 9.21. The first-order chi connectivity index (χ1) is 13.0. The minimum absolute atomic E-state index is 0.0566. The number of hydrogen-bond donors (Lipinski definition) is 2. The van der Waals surface area contributed by atoms with Crippen LogP contribution < -0.4 is 10.6 Å². The summed E-state index contributed by atoms with van der Waals surface area (Å²) < 4.78 is 0.749. The van der Waals surface area contributed by atoms with E-state index in [4.69, 9.17) is 11.6 Å². The normalized spacial score (nSPS) is 10.6. The second-order valence-corrected chi connectivity index (χ2v) is 8.63. The van der Waals surface area contributed by atoms with Gasteiger partial charge in [-0.25, -0.2) is 0 Å². The zero-order chi connectivity index (χ0) is 19.2. The predicted octanol–water partition coefficient (Wildman–Crippen LogP) is 4.96. The number of aryl methyl sites for hydroxylation is 2. The van der Waals surface area contributed by atoms with E-state index in [0.717, 1.165) is 15.6 Å². The van der Waals surface area contributed by atoms with Crippen LogP contribution >= 0.6 is 34.7 Å². The van der Waals surface area contributed by atoms with Gasteiger partial charge in [-0.1, -0.05) is 52.9 Å². The minimum Gasteiger partial charge on any atom is -0.351 e. The average Bonchev–Trinajstić information content (AvgIpc) is 3.09. The number of amides is 1. The van der Waals surface area contributed by atoms with Crippen molar-refractivity contribution in [1.82, 2.24) is 15.5 Å². The number of aromatic nitrogens is 2. The number of carbonyl (C=O) groups excluding carboxylic acids is 1. The summed E-state index contributed by atoms with van der Waals surface area (Å²) in [6.07, 6.45) is 0. The van der Waals surface area contributed by atoms with Crippen molar-refractivity contribution in [3.8, 4) is 0 Å². The molecular formula is C19H19ClN4OS2. The van der Waals surface area contributed by atoms with Gasteiger partial charge in [0.2, 0.25) is 11.0 Å². The molecule has 27 heavy (non-hydrogen) atoms. The lowest BCUT2D eigenvalue weighted by molar-refractivity contribution is -0.118. The van der Waals surface area contributed by atoms with Crippen LogP contribution in [0.15, 0.2) is 46.8 Å². The Bertz CT molecular complexity index is 945. The Balaban J connectivity index is 1.47. The Morgan fingerprint density at radius 1 is 1.15 bits per heavy atom. The van der Waals surface area contributed by atoms with Crippen LogP contribution in [0.1, 0.15) is 16.7 Å². The highest BCUT2D eigenvalue weighted by Gasteiger charge is 2.09. The molecule has 0 saturated carbocycles. The van der Waals surface area contributed by atoms with Crippen molar-refractivity contribution in [2.75, 3.05) is 11.1 Å². The summed E-state index contributed by atoms with van der Waals surface area (Å²) >= 11 is 8.74. The Morgan fingerprint density at radius 2 is 2.00 bits per heavy atom. The number of rotatable bonds is 7. The largest absolute Gasteiger partial charge is 0.351 e. The van der Waals surface area contributed by atoms with Gasteiger partial charge in [0.1, 0.15) is 0 Å². The van der Waals surface area contributed by atoms with Crippen molar-refractivity contribution in [3.63, 3.8) is 0 Å². The molecular weight excluding hydrogens is 400 g/mol. The molecule has 1 amide bonds. The third-order valence-corrected chi connectivity index (χ3v) is 6.08.